The molecular weight excluding hydrogens is 470 g/mol. The van der Waals surface area contributed by atoms with E-state index in [9.17, 15) is 14.4 Å². The Hall–Kier alpha value is -3.37. The topological polar surface area (TPSA) is 96.7 Å². The smallest absolute Gasteiger partial charge is 0.262 e. The van der Waals surface area contributed by atoms with E-state index in [2.05, 4.69) is 31.3 Å². The fourth-order valence-electron chi connectivity index (χ4n) is 3.26. The van der Waals surface area contributed by atoms with Gasteiger partial charge in [0, 0.05) is 15.4 Å². The van der Waals surface area contributed by atoms with Gasteiger partial charge in [-0.05, 0) is 18.2 Å². The second-order valence-electron chi connectivity index (χ2n) is 6.55. The van der Waals surface area contributed by atoms with Crippen LogP contribution in [0.5, 0.6) is 0 Å². The van der Waals surface area contributed by atoms with E-state index in [1.165, 1.54) is 11.3 Å². The fraction of sp³-hybridized carbons (Fsp3) is 0.0500. The van der Waals surface area contributed by atoms with Gasteiger partial charge in [-0.25, -0.2) is 4.52 Å². The summed E-state index contributed by atoms with van der Waals surface area (Å²) in [6, 6.07) is 14.5. The molecule has 3 heterocycles. The van der Waals surface area contributed by atoms with Crippen molar-refractivity contribution in [3.05, 3.63) is 69.5 Å². The van der Waals surface area contributed by atoms with E-state index in [1.54, 1.807) is 22.7 Å². The van der Waals surface area contributed by atoms with Gasteiger partial charge in [0.15, 0.2) is 0 Å². The molecule has 0 atom stereocenters. The molecule has 0 saturated carbocycles. The first-order chi connectivity index (χ1) is 14.5. The highest BCUT2D eigenvalue weighted by atomic mass is 79.9. The van der Waals surface area contributed by atoms with Crippen molar-refractivity contribution < 1.29 is 14.4 Å². The van der Waals surface area contributed by atoms with Crippen LogP contribution in [0.2, 0.25) is 0 Å². The minimum atomic E-state index is -0.553. The van der Waals surface area contributed by atoms with Gasteiger partial charge in [-0.3, -0.25) is 24.6 Å². The third kappa shape index (κ3) is 3.10. The number of nitrogens with one attached hydrogen (secondary N) is 1. The standard InChI is InChI=1S/C20H12BrN5O3S/c21-12-6-7-13-14(8-12)18(29)25(17(13)28)9-16(27)22-19-23-20-26(24-19)15(10-30-20)11-4-2-1-3-5-11/h1-8,10H,9H2,(H,22,24,27). The van der Waals surface area contributed by atoms with E-state index in [1.807, 2.05) is 35.7 Å². The summed E-state index contributed by atoms with van der Waals surface area (Å²) >= 11 is 4.68. The van der Waals surface area contributed by atoms with Gasteiger partial charge >= 0.3 is 0 Å². The molecular formula is C20H12BrN5O3S. The number of carbonyl (C=O) groups is 3. The number of thiazole rings is 1. The van der Waals surface area contributed by atoms with Crippen LogP contribution in [0.3, 0.4) is 0 Å². The molecule has 2 aromatic carbocycles. The number of imide groups is 1. The molecule has 0 bridgehead atoms. The summed E-state index contributed by atoms with van der Waals surface area (Å²) in [5, 5.41) is 8.85. The van der Waals surface area contributed by atoms with Gasteiger partial charge in [0.05, 0.1) is 16.8 Å². The van der Waals surface area contributed by atoms with Crippen molar-refractivity contribution in [2.45, 2.75) is 0 Å². The van der Waals surface area contributed by atoms with Crippen molar-refractivity contribution in [1.82, 2.24) is 19.5 Å². The molecule has 0 radical (unpaired) electrons. The van der Waals surface area contributed by atoms with E-state index in [0.717, 1.165) is 16.2 Å². The summed E-state index contributed by atoms with van der Waals surface area (Å²) in [5.74, 6) is -1.44. The lowest BCUT2D eigenvalue weighted by molar-refractivity contribution is -0.116. The van der Waals surface area contributed by atoms with Gasteiger partial charge in [-0.15, -0.1) is 16.4 Å². The van der Waals surface area contributed by atoms with Gasteiger partial charge in [0.25, 0.3) is 17.8 Å². The Morgan fingerprint density at radius 3 is 2.63 bits per heavy atom. The van der Waals surface area contributed by atoms with E-state index in [-0.39, 0.29) is 17.1 Å². The lowest BCUT2D eigenvalue weighted by Crippen LogP contribution is -2.37. The molecule has 1 aliphatic heterocycles. The number of benzene rings is 2. The Labute approximate surface area is 182 Å². The normalized spacial score (nSPS) is 13.2. The highest BCUT2D eigenvalue weighted by Gasteiger charge is 2.36. The van der Waals surface area contributed by atoms with Crippen molar-refractivity contribution >= 4 is 55.9 Å². The molecule has 10 heteroatoms. The molecule has 2 aromatic heterocycles. The van der Waals surface area contributed by atoms with Crippen LogP contribution in [0.4, 0.5) is 5.95 Å². The van der Waals surface area contributed by atoms with E-state index in [4.69, 9.17) is 0 Å². The Morgan fingerprint density at radius 1 is 1.07 bits per heavy atom. The summed E-state index contributed by atoms with van der Waals surface area (Å²) in [6.07, 6.45) is 0. The first kappa shape index (κ1) is 18.6. The summed E-state index contributed by atoms with van der Waals surface area (Å²) in [7, 11) is 0. The van der Waals surface area contributed by atoms with Crippen molar-refractivity contribution in [2.24, 2.45) is 0 Å². The van der Waals surface area contributed by atoms with Gasteiger partial charge in [0.1, 0.15) is 6.54 Å². The number of rotatable bonds is 4. The molecule has 3 amide bonds. The van der Waals surface area contributed by atoms with Gasteiger partial charge in [0.2, 0.25) is 10.9 Å². The number of anilines is 1. The monoisotopic (exact) mass is 481 g/mol. The van der Waals surface area contributed by atoms with Crippen molar-refractivity contribution in [2.75, 3.05) is 11.9 Å². The molecule has 8 nitrogen and oxygen atoms in total. The minimum Gasteiger partial charge on any atom is -0.292 e. The number of aromatic nitrogens is 3. The quantitative estimate of drug-likeness (QED) is 0.450. The van der Waals surface area contributed by atoms with Crippen LogP contribution in [0.25, 0.3) is 16.2 Å². The van der Waals surface area contributed by atoms with Gasteiger partial charge in [-0.2, -0.15) is 4.98 Å². The molecule has 1 N–H and O–H groups in total. The van der Waals surface area contributed by atoms with Crippen LogP contribution in [0, 0.1) is 0 Å². The second-order valence-corrected chi connectivity index (χ2v) is 8.30. The van der Waals surface area contributed by atoms with E-state index < -0.39 is 24.3 Å². The van der Waals surface area contributed by atoms with Gasteiger partial charge < -0.3 is 0 Å². The van der Waals surface area contributed by atoms with Crippen molar-refractivity contribution in [3.8, 4) is 11.3 Å². The molecule has 0 fully saturated rings. The Kier molecular flexibility index (Phi) is 4.44. The Bertz CT molecular complexity index is 1330. The molecule has 0 aliphatic carbocycles. The third-order valence-corrected chi connectivity index (χ3v) is 5.95. The van der Waals surface area contributed by atoms with Crippen LogP contribution in [-0.2, 0) is 4.79 Å². The Balaban J connectivity index is 1.34. The molecule has 0 saturated heterocycles. The summed E-state index contributed by atoms with van der Waals surface area (Å²) in [6.45, 7) is -0.414. The molecule has 148 valence electrons. The van der Waals surface area contributed by atoms with Crippen LogP contribution in [0.1, 0.15) is 20.7 Å². The maximum absolute atomic E-state index is 12.5. The first-order valence-electron chi connectivity index (χ1n) is 8.86. The van der Waals surface area contributed by atoms with Crippen LogP contribution in [0.15, 0.2) is 58.4 Å². The fourth-order valence-corrected chi connectivity index (χ4v) is 4.45. The molecule has 5 rings (SSSR count). The number of fused-ring (bicyclic) bond motifs is 2. The summed E-state index contributed by atoms with van der Waals surface area (Å²) < 4.78 is 2.33. The highest BCUT2D eigenvalue weighted by molar-refractivity contribution is 9.10. The largest absolute Gasteiger partial charge is 0.292 e. The van der Waals surface area contributed by atoms with Crippen LogP contribution in [-0.4, -0.2) is 43.8 Å². The molecule has 4 aromatic rings. The predicted molar refractivity (Wildman–Crippen MR) is 114 cm³/mol. The van der Waals surface area contributed by atoms with Crippen LogP contribution < -0.4 is 5.32 Å². The summed E-state index contributed by atoms with van der Waals surface area (Å²) in [4.78, 5) is 43.3. The van der Waals surface area contributed by atoms with Crippen molar-refractivity contribution in [3.63, 3.8) is 0 Å². The number of carbonyl (C=O) groups excluding carboxylic acids is 3. The zero-order valence-electron chi connectivity index (χ0n) is 15.2. The predicted octanol–water partition coefficient (Wildman–Crippen LogP) is 3.46. The number of amides is 3. The zero-order chi connectivity index (χ0) is 20.8. The lowest BCUT2D eigenvalue weighted by atomic mass is 10.1. The number of nitrogens with zero attached hydrogens (tertiary/aromatic N) is 4. The van der Waals surface area contributed by atoms with Crippen molar-refractivity contribution in [1.29, 1.82) is 0 Å². The summed E-state index contributed by atoms with van der Waals surface area (Å²) in [5.41, 5.74) is 2.39. The molecule has 0 spiro atoms. The maximum Gasteiger partial charge on any atom is 0.262 e. The van der Waals surface area contributed by atoms with Crippen LogP contribution >= 0.6 is 27.3 Å². The van der Waals surface area contributed by atoms with E-state index >= 15 is 0 Å². The molecule has 0 unspecified atom stereocenters. The Morgan fingerprint density at radius 2 is 1.83 bits per heavy atom. The molecule has 30 heavy (non-hydrogen) atoms. The number of halogens is 1. The second kappa shape index (κ2) is 7.15. The number of hydrogen-bond donors (Lipinski definition) is 1. The number of hydrogen-bond acceptors (Lipinski definition) is 6. The molecule has 1 aliphatic rings. The maximum atomic E-state index is 12.5. The first-order valence-corrected chi connectivity index (χ1v) is 10.5. The SMILES string of the molecule is O=C(CN1C(=O)c2ccc(Br)cc2C1=O)Nc1nc2scc(-c3ccccc3)n2n1. The minimum absolute atomic E-state index is 0.114. The third-order valence-electron chi connectivity index (χ3n) is 4.64. The van der Waals surface area contributed by atoms with E-state index in [0.29, 0.717) is 9.43 Å². The highest BCUT2D eigenvalue weighted by Crippen LogP contribution is 2.27. The average molecular weight is 482 g/mol. The lowest BCUT2D eigenvalue weighted by Gasteiger charge is -2.12. The van der Waals surface area contributed by atoms with Gasteiger partial charge in [-0.1, -0.05) is 46.3 Å². The average Bonchev–Trinajstić information content (AvgIpc) is 3.37. The zero-order valence-corrected chi connectivity index (χ0v) is 17.6.